The molecule has 3 rings (SSSR count). The second kappa shape index (κ2) is 6.24. The van der Waals surface area contributed by atoms with Crippen LogP contribution in [0.15, 0.2) is 24.5 Å². The van der Waals surface area contributed by atoms with Gasteiger partial charge in [-0.25, -0.2) is 4.98 Å². The van der Waals surface area contributed by atoms with Gasteiger partial charge in [-0.2, -0.15) is 0 Å². The molecule has 1 aliphatic rings. The minimum atomic E-state index is -0.744. The number of aromatic nitrogens is 2. The number of fused-ring (bicyclic) bond motifs is 1. The van der Waals surface area contributed by atoms with Crippen molar-refractivity contribution in [2.24, 2.45) is 0 Å². The molecule has 6 nitrogen and oxygen atoms in total. The number of aliphatic carboxylic acids is 1. The van der Waals surface area contributed by atoms with Crippen LogP contribution in [0.25, 0.3) is 11.0 Å². The van der Waals surface area contributed by atoms with Crippen molar-refractivity contribution >= 4 is 17.0 Å². The van der Waals surface area contributed by atoms with Gasteiger partial charge in [0.15, 0.2) is 0 Å². The zero-order valence-corrected chi connectivity index (χ0v) is 12.0. The van der Waals surface area contributed by atoms with Crippen LogP contribution in [-0.4, -0.2) is 63.6 Å². The molecule has 1 saturated heterocycles. The molecule has 1 aliphatic heterocycles. The van der Waals surface area contributed by atoms with Gasteiger partial charge in [-0.1, -0.05) is 0 Å². The summed E-state index contributed by atoms with van der Waals surface area (Å²) in [5.74, 6) is -0.744. The van der Waals surface area contributed by atoms with E-state index in [1.54, 1.807) is 6.20 Å². The molecule has 0 bridgehead atoms. The maximum Gasteiger partial charge on any atom is 0.317 e. The van der Waals surface area contributed by atoms with E-state index < -0.39 is 5.97 Å². The average molecular weight is 288 g/mol. The fraction of sp³-hybridized carbons (Fsp3) is 0.467. The lowest BCUT2D eigenvalue weighted by molar-refractivity contribution is -0.138. The first-order valence-corrected chi connectivity index (χ1v) is 7.30. The summed E-state index contributed by atoms with van der Waals surface area (Å²) in [6, 6.07) is 4.04. The minimum Gasteiger partial charge on any atom is -0.480 e. The van der Waals surface area contributed by atoms with E-state index in [0.29, 0.717) is 0 Å². The van der Waals surface area contributed by atoms with Crippen molar-refractivity contribution in [3.63, 3.8) is 0 Å². The quantitative estimate of drug-likeness (QED) is 0.883. The molecule has 1 fully saturated rings. The second-order valence-electron chi connectivity index (χ2n) is 5.51. The van der Waals surface area contributed by atoms with Gasteiger partial charge >= 0.3 is 5.97 Å². The highest BCUT2D eigenvalue weighted by Gasteiger charge is 2.17. The molecule has 0 saturated carbocycles. The van der Waals surface area contributed by atoms with Crippen LogP contribution in [0.4, 0.5) is 0 Å². The second-order valence-corrected chi connectivity index (χ2v) is 5.51. The summed E-state index contributed by atoms with van der Waals surface area (Å²) in [5.41, 5.74) is 2.18. The Morgan fingerprint density at radius 3 is 2.95 bits per heavy atom. The number of carbonyl (C=O) groups is 1. The third kappa shape index (κ3) is 3.40. The highest BCUT2D eigenvalue weighted by Crippen LogP contribution is 2.18. The van der Waals surface area contributed by atoms with Crippen LogP contribution in [0.3, 0.4) is 0 Å². The number of H-pyrrole nitrogens is 1. The zero-order chi connectivity index (χ0) is 14.7. The van der Waals surface area contributed by atoms with Crippen LogP contribution in [0.2, 0.25) is 0 Å². The van der Waals surface area contributed by atoms with Crippen LogP contribution >= 0.6 is 0 Å². The monoisotopic (exact) mass is 288 g/mol. The number of nitrogens with one attached hydrogen (secondary N) is 1. The molecule has 112 valence electrons. The first-order chi connectivity index (χ1) is 10.2. The largest absolute Gasteiger partial charge is 0.480 e. The lowest BCUT2D eigenvalue weighted by atomic mass is 10.2. The topological polar surface area (TPSA) is 72.5 Å². The van der Waals surface area contributed by atoms with E-state index in [0.717, 1.165) is 44.8 Å². The Kier molecular flexibility index (Phi) is 4.17. The Balaban J connectivity index is 1.64. The molecule has 0 aromatic carbocycles. The number of hydrogen-bond donors (Lipinski definition) is 2. The Morgan fingerprint density at radius 2 is 2.10 bits per heavy atom. The van der Waals surface area contributed by atoms with Crippen LogP contribution in [-0.2, 0) is 11.3 Å². The molecule has 0 unspecified atom stereocenters. The van der Waals surface area contributed by atoms with Gasteiger partial charge in [-0.05, 0) is 30.7 Å². The Labute approximate surface area is 123 Å². The predicted octanol–water partition coefficient (Wildman–Crippen LogP) is 1.16. The van der Waals surface area contributed by atoms with Crippen LogP contribution < -0.4 is 0 Å². The maximum absolute atomic E-state index is 10.8. The van der Waals surface area contributed by atoms with Gasteiger partial charge in [0.05, 0.1) is 6.54 Å². The van der Waals surface area contributed by atoms with Gasteiger partial charge in [0.1, 0.15) is 5.65 Å². The van der Waals surface area contributed by atoms with Crippen molar-refractivity contribution in [2.75, 3.05) is 32.7 Å². The van der Waals surface area contributed by atoms with E-state index in [1.807, 2.05) is 17.2 Å². The third-order valence-corrected chi connectivity index (χ3v) is 3.97. The number of carboxylic acid groups (broad SMARTS) is 1. The van der Waals surface area contributed by atoms with E-state index in [2.05, 4.69) is 20.9 Å². The predicted molar refractivity (Wildman–Crippen MR) is 80.1 cm³/mol. The van der Waals surface area contributed by atoms with Crippen molar-refractivity contribution in [3.05, 3.63) is 30.1 Å². The highest BCUT2D eigenvalue weighted by molar-refractivity contribution is 5.79. The Hall–Kier alpha value is -1.92. The maximum atomic E-state index is 10.8. The van der Waals surface area contributed by atoms with Crippen molar-refractivity contribution in [1.29, 1.82) is 0 Å². The van der Waals surface area contributed by atoms with Crippen LogP contribution in [0.5, 0.6) is 0 Å². The number of aromatic amines is 1. The average Bonchev–Trinajstić information content (AvgIpc) is 2.74. The summed E-state index contributed by atoms with van der Waals surface area (Å²) < 4.78 is 0. The summed E-state index contributed by atoms with van der Waals surface area (Å²) in [6.07, 6.45) is 4.82. The lowest BCUT2D eigenvalue weighted by Gasteiger charge is -2.20. The lowest BCUT2D eigenvalue weighted by Crippen LogP contribution is -2.33. The molecule has 21 heavy (non-hydrogen) atoms. The summed E-state index contributed by atoms with van der Waals surface area (Å²) in [4.78, 5) is 22.7. The highest BCUT2D eigenvalue weighted by atomic mass is 16.4. The van der Waals surface area contributed by atoms with Gasteiger partial charge in [-0.3, -0.25) is 14.6 Å². The number of rotatable bonds is 4. The fourth-order valence-electron chi connectivity index (χ4n) is 2.92. The molecule has 2 aromatic heterocycles. The van der Waals surface area contributed by atoms with Gasteiger partial charge in [0.25, 0.3) is 0 Å². The molecule has 3 heterocycles. The van der Waals surface area contributed by atoms with E-state index in [1.165, 1.54) is 10.9 Å². The SMILES string of the molecule is O=C(O)CN1CCCN(Cc2c[nH]c3ncccc23)CC1. The first kappa shape index (κ1) is 14.0. The molecule has 0 spiro atoms. The summed E-state index contributed by atoms with van der Waals surface area (Å²) in [5, 5.41) is 10.1. The first-order valence-electron chi connectivity index (χ1n) is 7.30. The number of nitrogens with zero attached hydrogens (tertiary/aromatic N) is 3. The van der Waals surface area contributed by atoms with Crippen LogP contribution in [0.1, 0.15) is 12.0 Å². The summed E-state index contributed by atoms with van der Waals surface area (Å²) >= 11 is 0. The standard InChI is InChI=1S/C15H20N4O2/c20-14(21)11-19-6-2-5-18(7-8-19)10-12-9-17-15-13(12)3-1-4-16-15/h1,3-4,9H,2,5-8,10-11H2,(H,16,17)(H,20,21). The van der Waals surface area contributed by atoms with Gasteiger partial charge < -0.3 is 10.1 Å². The minimum absolute atomic E-state index is 0.144. The van der Waals surface area contributed by atoms with Gasteiger partial charge in [0.2, 0.25) is 0 Å². The summed E-state index contributed by atoms with van der Waals surface area (Å²) in [7, 11) is 0. The fourth-order valence-corrected chi connectivity index (χ4v) is 2.92. The molecule has 2 N–H and O–H groups in total. The van der Waals surface area contributed by atoms with E-state index in [9.17, 15) is 4.79 Å². The molecular formula is C15H20N4O2. The molecule has 0 aliphatic carbocycles. The number of hydrogen-bond acceptors (Lipinski definition) is 4. The van der Waals surface area contributed by atoms with Crippen molar-refractivity contribution in [1.82, 2.24) is 19.8 Å². The smallest absolute Gasteiger partial charge is 0.317 e. The zero-order valence-electron chi connectivity index (χ0n) is 12.0. The van der Waals surface area contributed by atoms with Gasteiger partial charge in [0, 0.05) is 44.0 Å². The van der Waals surface area contributed by atoms with Crippen molar-refractivity contribution in [3.8, 4) is 0 Å². The third-order valence-electron chi connectivity index (χ3n) is 3.97. The molecule has 0 radical (unpaired) electrons. The van der Waals surface area contributed by atoms with E-state index in [4.69, 9.17) is 5.11 Å². The van der Waals surface area contributed by atoms with E-state index in [-0.39, 0.29) is 6.54 Å². The normalized spacial score (nSPS) is 17.9. The molecule has 2 aromatic rings. The van der Waals surface area contributed by atoms with Gasteiger partial charge in [-0.15, -0.1) is 0 Å². The Bertz CT molecular complexity index is 625. The molecule has 0 amide bonds. The molecule has 6 heteroatoms. The number of pyridine rings is 1. The Morgan fingerprint density at radius 1 is 1.29 bits per heavy atom. The molecular weight excluding hydrogens is 268 g/mol. The number of carboxylic acids is 1. The van der Waals surface area contributed by atoms with Crippen molar-refractivity contribution in [2.45, 2.75) is 13.0 Å². The van der Waals surface area contributed by atoms with Crippen LogP contribution in [0, 0.1) is 0 Å². The van der Waals surface area contributed by atoms with Crippen molar-refractivity contribution < 1.29 is 9.90 Å². The van der Waals surface area contributed by atoms with E-state index >= 15 is 0 Å². The molecule has 0 atom stereocenters. The summed E-state index contributed by atoms with van der Waals surface area (Å²) in [6.45, 7) is 4.60.